The predicted molar refractivity (Wildman–Crippen MR) is 81.3 cm³/mol. The van der Waals surface area contributed by atoms with Crippen molar-refractivity contribution in [1.29, 1.82) is 0 Å². The molecule has 2 amide bonds. The number of hydrogen-bond donors (Lipinski definition) is 2. The van der Waals surface area contributed by atoms with Crippen molar-refractivity contribution in [2.75, 3.05) is 5.32 Å². The zero-order valence-electron chi connectivity index (χ0n) is 11.8. The molecule has 4 nitrogen and oxygen atoms in total. The molecule has 5 heteroatoms. The van der Waals surface area contributed by atoms with Crippen LogP contribution in [0.1, 0.15) is 33.6 Å². The maximum atomic E-state index is 13.1. The molecule has 3 rings (SSSR count). The number of rotatable bonds is 4. The van der Waals surface area contributed by atoms with Gasteiger partial charge in [0.1, 0.15) is 5.82 Å². The first kappa shape index (κ1) is 14.3. The summed E-state index contributed by atoms with van der Waals surface area (Å²) in [7, 11) is 0. The van der Waals surface area contributed by atoms with Crippen LogP contribution in [0, 0.1) is 5.82 Å². The lowest BCUT2D eigenvalue weighted by Crippen LogP contribution is -2.25. The molecule has 2 aromatic rings. The van der Waals surface area contributed by atoms with E-state index in [1.165, 1.54) is 18.2 Å². The van der Waals surface area contributed by atoms with Crippen molar-refractivity contribution >= 4 is 17.5 Å². The molecule has 2 aromatic carbocycles. The summed E-state index contributed by atoms with van der Waals surface area (Å²) < 4.78 is 13.1. The molecule has 1 fully saturated rings. The van der Waals surface area contributed by atoms with Crippen molar-refractivity contribution in [2.45, 2.75) is 18.9 Å². The fourth-order valence-electron chi connectivity index (χ4n) is 2.04. The van der Waals surface area contributed by atoms with Crippen LogP contribution >= 0.6 is 0 Å². The van der Waals surface area contributed by atoms with Gasteiger partial charge in [0.15, 0.2) is 0 Å². The van der Waals surface area contributed by atoms with Gasteiger partial charge >= 0.3 is 0 Å². The summed E-state index contributed by atoms with van der Waals surface area (Å²) in [5, 5.41) is 5.49. The quantitative estimate of drug-likeness (QED) is 0.911. The van der Waals surface area contributed by atoms with Crippen molar-refractivity contribution in [3.63, 3.8) is 0 Å². The van der Waals surface area contributed by atoms with E-state index in [4.69, 9.17) is 0 Å². The van der Waals surface area contributed by atoms with Crippen molar-refractivity contribution in [2.24, 2.45) is 0 Å². The van der Waals surface area contributed by atoms with Gasteiger partial charge < -0.3 is 10.6 Å². The molecule has 0 aliphatic heterocycles. The van der Waals surface area contributed by atoms with Crippen molar-refractivity contribution in [3.8, 4) is 0 Å². The van der Waals surface area contributed by atoms with Crippen LogP contribution in [0.15, 0.2) is 48.5 Å². The van der Waals surface area contributed by atoms with E-state index in [-0.39, 0.29) is 11.8 Å². The van der Waals surface area contributed by atoms with E-state index in [9.17, 15) is 14.0 Å². The summed E-state index contributed by atoms with van der Waals surface area (Å²) >= 11 is 0. The normalized spacial score (nSPS) is 13.5. The standard InChI is InChI=1S/C17H15FN2O2/c18-13-2-1-3-15(10-13)20-17(22)12-6-4-11(5-7-12)16(21)19-14-8-9-14/h1-7,10,14H,8-9H2,(H,19,21)(H,20,22). The van der Waals surface area contributed by atoms with Crippen LogP contribution in [0.25, 0.3) is 0 Å². The van der Waals surface area contributed by atoms with Gasteiger partial charge in [0, 0.05) is 22.9 Å². The van der Waals surface area contributed by atoms with Crippen LogP contribution in [0.3, 0.4) is 0 Å². The Kier molecular flexibility index (Phi) is 3.87. The molecule has 1 saturated carbocycles. The Bertz CT molecular complexity index is 709. The fraction of sp³-hybridized carbons (Fsp3) is 0.176. The maximum absolute atomic E-state index is 13.1. The van der Waals surface area contributed by atoms with Crippen LogP contribution < -0.4 is 10.6 Å². The lowest BCUT2D eigenvalue weighted by atomic mass is 10.1. The highest BCUT2D eigenvalue weighted by Gasteiger charge is 2.23. The van der Waals surface area contributed by atoms with Crippen LogP contribution in [0.2, 0.25) is 0 Å². The molecular formula is C17H15FN2O2. The largest absolute Gasteiger partial charge is 0.349 e. The Labute approximate surface area is 127 Å². The molecule has 0 spiro atoms. The number of carbonyl (C=O) groups excluding carboxylic acids is 2. The molecule has 0 heterocycles. The Balaban J connectivity index is 1.66. The summed E-state index contributed by atoms with van der Waals surface area (Å²) in [5.74, 6) is -0.885. The predicted octanol–water partition coefficient (Wildman–Crippen LogP) is 2.97. The molecule has 1 aliphatic rings. The molecule has 2 N–H and O–H groups in total. The second-order valence-electron chi connectivity index (χ2n) is 5.29. The summed E-state index contributed by atoms with van der Waals surface area (Å²) in [6.45, 7) is 0. The highest BCUT2D eigenvalue weighted by Crippen LogP contribution is 2.19. The van der Waals surface area contributed by atoms with E-state index in [1.54, 1.807) is 30.3 Å². The van der Waals surface area contributed by atoms with Gasteiger partial charge in [-0.1, -0.05) is 6.07 Å². The van der Waals surface area contributed by atoms with E-state index in [1.807, 2.05) is 0 Å². The number of amides is 2. The van der Waals surface area contributed by atoms with Crippen molar-refractivity contribution in [1.82, 2.24) is 5.32 Å². The topological polar surface area (TPSA) is 58.2 Å². The Morgan fingerprint density at radius 2 is 1.59 bits per heavy atom. The molecule has 0 unspecified atom stereocenters. The molecule has 22 heavy (non-hydrogen) atoms. The minimum absolute atomic E-state index is 0.125. The molecule has 112 valence electrons. The fourth-order valence-corrected chi connectivity index (χ4v) is 2.04. The van der Waals surface area contributed by atoms with Gasteiger partial charge in [0.2, 0.25) is 0 Å². The highest BCUT2D eigenvalue weighted by atomic mass is 19.1. The molecule has 0 saturated heterocycles. The van der Waals surface area contributed by atoms with Crippen LogP contribution in [-0.2, 0) is 0 Å². The van der Waals surface area contributed by atoms with Crippen LogP contribution in [0.5, 0.6) is 0 Å². The first-order valence-electron chi connectivity index (χ1n) is 7.10. The molecular weight excluding hydrogens is 283 g/mol. The lowest BCUT2D eigenvalue weighted by Gasteiger charge is -2.07. The highest BCUT2D eigenvalue weighted by molar-refractivity contribution is 6.05. The third-order valence-electron chi connectivity index (χ3n) is 3.40. The van der Waals surface area contributed by atoms with E-state index in [0.717, 1.165) is 12.8 Å². The Morgan fingerprint density at radius 1 is 0.955 bits per heavy atom. The SMILES string of the molecule is O=C(Nc1cccc(F)c1)c1ccc(C(=O)NC2CC2)cc1. The average molecular weight is 298 g/mol. The number of hydrogen-bond acceptors (Lipinski definition) is 2. The molecule has 0 radical (unpaired) electrons. The summed E-state index contributed by atoms with van der Waals surface area (Å²) in [5.41, 5.74) is 1.32. The number of benzene rings is 2. The first-order chi connectivity index (χ1) is 10.6. The minimum atomic E-state index is -0.412. The van der Waals surface area contributed by atoms with Crippen molar-refractivity contribution < 1.29 is 14.0 Å². The molecule has 0 atom stereocenters. The zero-order chi connectivity index (χ0) is 15.5. The van der Waals surface area contributed by atoms with E-state index >= 15 is 0 Å². The minimum Gasteiger partial charge on any atom is -0.349 e. The molecule has 0 bridgehead atoms. The van der Waals surface area contributed by atoms with Gasteiger partial charge in [-0.15, -0.1) is 0 Å². The van der Waals surface area contributed by atoms with Crippen LogP contribution in [0.4, 0.5) is 10.1 Å². The van der Waals surface area contributed by atoms with E-state index < -0.39 is 5.82 Å². The van der Waals surface area contributed by atoms with Crippen LogP contribution in [-0.4, -0.2) is 17.9 Å². The lowest BCUT2D eigenvalue weighted by molar-refractivity contribution is 0.0949. The number of halogens is 1. The van der Waals surface area contributed by atoms with Crippen molar-refractivity contribution in [3.05, 3.63) is 65.5 Å². The third kappa shape index (κ3) is 3.49. The number of anilines is 1. The number of carbonyl (C=O) groups is 2. The average Bonchev–Trinajstić information content (AvgIpc) is 3.31. The maximum Gasteiger partial charge on any atom is 0.255 e. The Hall–Kier alpha value is -2.69. The zero-order valence-corrected chi connectivity index (χ0v) is 11.8. The van der Waals surface area contributed by atoms with Gasteiger partial charge in [0.05, 0.1) is 0 Å². The molecule has 0 aromatic heterocycles. The summed E-state index contributed by atoms with van der Waals surface area (Å²) in [6, 6.07) is 12.4. The Morgan fingerprint density at radius 3 is 2.18 bits per heavy atom. The molecule has 1 aliphatic carbocycles. The second kappa shape index (κ2) is 5.97. The summed E-state index contributed by atoms with van der Waals surface area (Å²) in [6.07, 6.45) is 2.06. The number of nitrogens with one attached hydrogen (secondary N) is 2. The van der Waals surface area contributed by atoms with Gasteiger partial charge in [-0.2, -0.15) is 0 Å². The monoisotopic (exact) mass is 298 g/mol. The van der Waals surface area contributed by atoms with E-state index in [2.05, 4.69) is 10.6 Å². The first-order valence-corrected chi connectivity index (χ1v) is 7.10. The van der Waals surface area contributed by atoms with Gasteiger partial charge in [-0.05, 0) is 55.3 Å². The van der Waals surface area contributed by atoms with Gasteiger partial charge in [-0.25, -0.2) is 4.39 Å². The van der Waals surface area contributed by atoms with Gasteiger partial charge in [-0.3, -0.25) is 9.59 Å². The van der Waals surface area contributed by atoms with E-state index in [0.29, 0.717) is 22.9 Å². The smallest absolute Gasteiger partial charge is 0.255 e. The van der Waals surface area contributed by atoms with Gasteiger partial charge in [0.25, 0.3) is 11.8 Å². The third-order valence-corrected chi connectivity index (χ3v) is 3.40. The summed E-state index contributed by atoms with van der Waals surface area (Å²) in [4.78, 5) is 23.9. The second-order valence-corrected chi connectivity index (χ2v) is 5.29.